The lowest BCUT2D eigenvalue weighted by Gasteiger charge is -2.13. The fourth-order valence-corrected chi connectivity index (χ4v) is 9.55. The van der Waals surface area contributed by atoms with E-state index in [9.17, 15) is 41.4 Å². The Bertz CT molecular complexity index is 3390. The van der Waals surface area contributed by atoms with Gasteiger partial charge in [0.1, 0.15) is 39.3 Å². The van der Waals surface area contributed by atoms with Crippen molar-refractivity contribution in [3.05, 3.63) is 71.3 Å². The van der Waals surface area contributed by atoms with Gasteiger partial charge in [0.2, 0.25) is 5.88 Å². The number of fused-ring (bicyclic) bond motifs is 4. The summed E-state index contributed by atoms with van der Waals surface area (Å²) in [6, 6.07) is 15.1. The molecule has 0 aliphatic heterocycles. The standard InChI is InChI=1S/C37H31N11O13S5/c1-18-14-26(28(59-11-5-13-65(53,54)55)16-25(18)41-45-36-46-47-37(63-36)62-12-10-49)42-44-31-29(64-61-60-52)15-21-20(32(31)50)8-9-24(33(21)66(56,57)58)40-43-30-19(2)22(17-38)34-39-23-6-3-4-7-27(23)48(34)35(30)51/h3-4,6-9,14-16,49-52H,5,10-13H2,1-2H3,(H,53,54,55)(H,56,57,58). The third kappa shape index (κ3) is 10.4. The first-order valence-corrected chi connectivity index (χ1v) is 24.1. The summed E-state index contributed by atoms with van der Waals surface area (Å²) in [7, 11) is -9.54. The number of aliphatic hydroxyl groups is 1. The molecule has 0 spiro atoms. The summed E-state index contributed by atoms with van der Waals surface area (Å²) in [4.78, 5) is 3.34. The second-order valence-corrected chi connectivity index (χ2v) is 19.4. The molecule has 0 saturated carbocycles. The van der Waals surface area contributed by atoms with Crippen molar-refractivity contribution in [3.63, 3.8) is 0 Å². The van der Waals surface area contributed by atoms with Crippen molar-refractivity contribution in [2.24, 2.45) is 30.7 Å². The quantitative estimate of drug-likeness (QED) is 0.00887. The monoisotopic (exact) mass is 997 g/mol. The van der Waals surface area contributed by atoms with Crippen LogP contribution in [0.3, 0.4) is 0 Å². The Hall–Kier alpha value is -6.30. The first-order valence-electron chi connectivity index (χ1n) is 18.6. The van der Waals surface area contributed by atoms with Crippen LogP contribution in [0.4, 0.5) is 33.6 Å². The van der Waals surface area contributed by atoms with Crippen LogP contribution in [0.25, 0.3) is 27.5 Å². The molecule has 7 rings (SSSR count). The third-order valence-corrected chi connectivity index (χ3v) is 13.5. The molecule has 0 saturated heterocycles. The number of nitrogens with zero attached hydrogens (tertiary/aromatic N) is 11. The van der Waals surface area contributed by atoms with E-state index in [1.165, 1.54) is 41.3 Å². The van der Waals surface area contributed by atoms with Crippen molar-refractivity contribution in [3.8, 4) is 23.4 Å². The molecule has 7 aromatic rings. The summed E-state index contributed by atoms with van der Waals surface area (Å²) in [6.45, 7) is 2.83. The van der Waals surface area contributed by atoms with Crippen molar-refractivity contribution >= 4 is 116 Å². The molecule has 4 aromatic carbocycles. The molecule has 342 valence electrons. The Labute approximate surface area is 384 Å². The van der Waals surface area contributed by atoms with Crippen LogP contribution >= 0.6 is 35.1 Å². The van der Waals surface area contributed by atoms with Crippen molar-refractivity contribution in [1.29, 1.82) is 5.26 Å². The van der Waals surface area contributed by atoms with Gasteiger partial charge in [-0.1, -0.05) is 40.3 Å². The van der Waals surface area contributed by atoms with E-state index in [4.69, 9.17) is 15.1 Å². The van der Waals surface area contributed by atoms with E-state index < -0.39 is 48.2 Å². The van der Waals surface area contributed by atoms with Gasteiger partial charge in [0.05, 0.1) is 52.6 Å². The number of phenols is 1. The van der Waals surface area contributed by atoms with E-state index in [0.29, 0.717) is 26.7 Å². The van der Waals surface area contributed by atoms with Gasteiger partial charge in [0.15, 0.2) is 21.4 Å². The first-order chi connectivity index (χ1) is 31.5. The summed E-state index contributed by atoms with van der Waals surface area (Å²) in [5.74, 6) is -1.42. The topological polar surface area (TPSA) is 358 Å². The Kier molecular flexibility index (Phi) is 14.5. The van der Waals surface area contributed by atoms with Gasteiger partial charge in [-0.05, 0) is 62.2 Å². The number of nitriles is 1. The Morgan fingerprint density at radius 2 is 1.64 bits per heavy atom. The maximum absolute atomic E-state index is 13.1. The molecular weight excluding hydrogens is 967 g/mol. The predicted molar refractivity (Wildman–Crippen MR) is 238 cm³/mol. The third-order valence-electron chi connectivity index (χ3n) is 9.18. The summed E-state index contributed by atoms with van der Waals surface area (Å²) in [6.07, 6.45) is -0.139. The zero-order chi connectivity index (χ0) is 47.3. The molecule has 29 heteroatoms. The van der Waals surface area contributed by atoms with Gasteiger partial charge >= 0.3 is 0 Å². The number of benzene rings is 4. The summed E-state index contributed by atoms with van der Waals surface area (Å²) < 4.78 is 81.0. The zero-order valence-corrected chi connectivity index (χ0v) is 37.8. The number of aliphatic hydroxyl groups excluding tert-OH is 1. The number of hydrogen-bond donors (Lipinski definition) is 6. The smallest absolute Gasteiger partial charge is 0.297 e. The predicted octanol–water partition coefficient (Wildman–Crippen LogP) is 9.05. The van der Waals surface area contributed by atoms with Crippen LogP contribution in [-0.2, 0) is 29.6 Å². The molecular formula is C37H31N11O13S5. The Balaban J connectivity index is 1.31. The van der Waals surface area contributed by atoms with Crippen molar-refractivity contribution < 1.29 is 60.6 Å². The van der Waals surface area contributed by atoms with Crippen LogP contribution in [0.5, 0.6) is 17.4 Å². The fourth-order valence-electron chi connectivity index (χ4n) is 6.29. The second kappa shape index (κ2) is 20.1. The molecule has 0 amide bonds. The van der Waals surface area contributed by atoms with Crippen molar-refractivity contribution in [1.82, 2.24) is 19.6 Å². The molecule has 6 N–H and O–H groups in total. The van der Waals surface area contributed by atoms with E-state index in [0.717, 1.165) is 23.5 Å². The largest absolute Gasteiger partial charge is 0.505 e. The van der Waals surface area contributed by atoms with Crippen LogP contribution < -0.4 is 4.74 Å². The number of aryl methyl sites for hydroxylation is 1. The average molecular weight is 998 g/mol. The maximum Gasteiger partial charge on any atom is 0.297 e. The fraction of sp³-hybridized carbons (Fsp3) is 0.189. The molecule has 3 aromatic heterocycles. The van der Waals surface area contributed by atoms with Gasteiger partial charge in [-0.3, -0.25) is 13.5 Å². The molecule has 0 aliphatic rings. The number of rotatable bonds is 18. The summed E-state index contributed by atoms with van der Waals surface area (Å²) in [5.41, 5.74) is 0.900. The number of para-hydroxylation sites is 2. The number of aromatic hydroxyl groups is 2. The lowest BCUT2D eigenvalue weighted by atomic mass is 10.1. The number of pyridine rings is 1. The molecule has 66 heavy (non-hydrogen) atoms. The first kappa shape index (κ1) is 47.7. The minimum absolute atomic E-state index is 0.000971. The SMILES string of the molecule is Cc1cc(N=Nc2c(SOOO)cc3c(S(=O)(=O)O)c(N=Nc4c(C)c(C#N)c5nc6ccccc6n5c4O)ccc3c2O)c(OCCCS(=O)(=O)O)cc1N=Nc1nnc(SCCO)s1. The average Bonchev–Trinajstić information content (AvgIpc) is 3.90. The molecule has 0 fully saturated rings. The normalized spacial score (nSPS) is 12.5. The second-order valence-electron chi connectivity index (χ2n) is 13.4. The van der Waals surface area contributed by atoms with E-state index in [-0.39, 0.29) is 97.7 Å². The number of azo groups is 3. The van der Waals surface area contributed by atoms with E-state index >= 15 is 0 Å². The molecule has 24 nitrogen and oxygen atoms in total. The van der Waals surface area contributed by atoms with Gasteiger partial charge < -0.3 is 20.1 Å². The summed E-state index contributed by atoms with van der Waals surface area (Å²) in [5, 5.41) is 87.5. The van der Waals surface area contributed by atoms with Crippen LogP contribution in [0.2, 0.25) is 0 Å². The number of imidazole rings is 1. The number of phenolic OH excluding ortho intramolecular Hbond substituents is 1. The molecule has 0 radical (unpaired) electrons. The Morgan fingerprint density at radius 1 is 0.894 bits per heavy atom. The maximum atomic E-state index is 13.1. The number of hydrogen-bond acceptors (Lipinski definition) is 24. The lowest BCUT2D eigenvalue weighted by molar-refractivity contribution is -0.432. The minimum atomic E-state index is -5.22. The highest BCUT2D eigenvalue weighted by Crippen LogP contribution is 2.48. The van der Waals surface area contributed by atoms with E-state index in [2.05, 4.69) is 55.2 Å². The van der Waals surface area contributed by atoms with Crippen LogP contribution in [-0.4, -0.2) is 90.8 Å². The van der Waals surface area contributed by atoms with Gasteiger partial charge in [-0.15, -0.1) is 45.2 Å². The van der Waals surface area contributed by atoms with Crippen LogP contribution in [0.15, 0.2) is 99.4 Å². The molecule has 0 aliphatic carbocycles. The highest BCUT2D eigenvalue weighted by Gasteiger charge is 2.26. The van der Waals surface area contributed by atoms with Gasteiger partial charge in [-0.25, -0.2) is 10.2 Å². The van der Waals surface area contributed by atoms with Crippen LogP contribution in [0, 0.1) is 25.2 Å². The summed E-state index contributed by atoms with van der Waals surface area (Å²) >= 11 is 2.65. The van der Waals surface area contributed by atoms with Gasteiger partial charge in [-0.2, -0.15) is 22.1 Å². The number of ether oxygens (including phenoxy) is 1. The van der Waals surface area contributed by atoms with E-state index in [1.807, 2.05) is 6.07 Å². The minimum Gasteiger partial charge on any atom is -0.505 e. The molecule has 0 bridgehead atoms. The van der Waals surface area contributed by atoms with E-state index in [1.54, 1.807) is 31.2 Å². The lowest BCUT2D eigenvalue weighted by Crippen LogP contribution is -2.08. The van der Waals surface area contributed by atoms with Crippen molar-refractivity contribution in [2.45, 2.75) is 34.4 Å². The molecule has 0 atom stereocenters. The van der Waals surface area contributed by atoms with Crippen LogP contribution in [0.1, 0.15) is 23.1 Å². The number of aromatic nitrogens is 4. The Morgan fingerprint density at radius 3 is 2.36 bits per heavy atom. The highest BCUT2D eigenvalue weighted by molar-refractivity contribution is 8.01. The molecule has 3 heterocycles. The van der Waals surface area contributed by atoms with Gasteiger partial charge in [0, 0.05) is 28.2 Å². The highest BCUT2D eigenvalue weighted by atomic mass is 32.2. The van der Waals surface area contributed by atoms with Gasteiger partial charge in [0.25, 0.3) is 25.4 Å². The zero-order valence-electron chi connectivity index (χ0n) is 33.7. The number of thioether (sulfide) groups is 1. The molecule has 0 unspecified atom stereocenters. The van der Waals surface area contributed by atoms with Crippen molar-refractivity contribution in [2.75, 3.05) is 24.7 Å².